The van der Waals surface area contributed by atoms with E-state index in [4.69, 9.17) is 7.80 Å². The third-order valence-electron chi connectivity index (χ3n) is 1.01. The fraction of sp³-hybridized carbons (Fsp3) is 1.00. The van der Waals surface area contributed by atoms with Crippen LogP contribution < -0.4 is 3.53 Å². The zero-order valence-corrected chi connectivity index (χ0v) is 10.9. The van der Waals surface area contributed by atoms with Crippen LogP contribution in [0.2, 0.25) is 0 Å². The van der Waals surface area contributed by atoms with Gasteiger partial charge < -0.3 is 0 Å². The van der Waals surface area contributed by atoms with Gasteiger partial charge >= 0.3 is 88.2 Å². The van der Waals surface area contributed by atoms with Gasteiger partial charge in [0.05, 0.1) is 0 Å². The third kappa shape index (κ3) is 6.62. The fourth-order valence-electron chi connectivity index (χ4n) is 0.660. The van der Waals surface area contributed by atoms with Crippen molar-refractivity contribution in [2.75, 3.05) is 13.2 Å². The van der Waals surface area contributed by atoms with Crippen molar-refractivity contribution in [2.24, 2.45) is 0 Å². The Kier molecular flexibility index (Phi) is 8.27. The first-order chi connectivity index (χ1) is 6.11. The molecule has 0 bridgehead atoms. The van der Waals surface area contributed by atoms with Crippen LogP contribution in [0.1, 0.15) is 27.7 Å². The molecule has 13 heavy (non-hydrogen) atoms. The number of alkyl halides is 1. The molecule has 4 nitrogen and oxygen atoms in total. The Morgan fingerprint density at radius 3 is 2.38 bits per heavy atom. The summed E-state index contributed by atoms with van der Waals surface area (Å²) in [6.45, 7) is 9.09. The van der Waals surface area contributed by atoms with Crippen molar-refractivity contribution in [3.63, 3.8) is 0 Å². The van der Waals surface area contributed by atoms with Crippen molar-refractivity contribution in [2.45, 2.75) is 38.1 Å². The van der Waals surface area contributed by atoms with Crippen molar-refractivity contribution in [1.82, 2.24) is 3.53 Å². The Morgan fingerprint density at radius 1 is 1.38 bits per heavy atom. The molecule has 0 rings (SSSR count). The zero-order valence-electron chi connectivity index (χ0n) is 8.71. The molecular formula is C8H20INO3. The molecule has 0 aromatic rings. The number of halogens is 1. The first kappa shape index (κ1) is 13.6. The van der Waals surface area contributed by atoms with E-state index in [9.17, 15) is 5.11 Å². The van der Waals surface area contributed by atoms with Gasteiger partial charge in [-0.15, -0.1) is 0 Å². The number of hydrogen-bond donors (Lipinski definition) is 2. The summed E-state index contributed by atoms with van der Waals surface area (Å²) < 4.78 is 13.1. The summed E-state index contributed by atoms with van der Waals surface area (Å²) in [6, 6.07) is 0. The summed E-state index contributed by atoms with van der Waals surface area (Å²) in [6.07, 6.45) is 0.138. The van der Waals surface area contributed by atoms with Crippen molar-refractivity contribution in [3.8, 4) is 0 Å². The van der Waals surface area contributed by atoms with Crippen LogP contribution in [0.3, 0.4) is 0 Å². The summed E-state index contributed by atoms with van der Waals surface area (Å²) >= 11 is -2.00. The zero-order chi connectivity index (χ0) is 10.3. The Hall–Kier alpha value is 0.570. The van der Waals surface area contributed by atoms with Gasteiger partial charge in [-0.1, -0.05) is 0 Å². The van der Waals surface area contributed by atoms with Crippen LogP contribution in [-0.2, 0) is 7.80 Å². The Balaban J connectivity index is 3.90. The van der Waals surface area contributed by atoms with Crippen LogP contribution in [0.15, 0.2) is 0 Å². The topological polar surface area (TPSA) is 50.7 Å². The Morgan fingerprint density at radius 2 is 2.00 bits per heavy atom. The molecule has 1 unspecified atom stereocenters. The molecular weight excluding hydrogens is 285 g/mol. The monoisotopic (exact) mass is 305 g/mol. The van der Waals surface area contributed by atoms with E-state index in [0.717, 1.165) is 6.54 Å². The van der Waals surface area contributed by atoms with E-state index in [1.54, 1.807) is 0 Å². The third-order valence-corrected chi connectivity index (χ3v) is 5.42. The quantitative estimate of drug-likeness (QED) is 0.325. The van der Waals surface area contributed by atoms with Gasteiger partial charge in [-0.25, -0.2) is 0 Å². The van der Waals surface area contributed by atoms with Crippen LogP contribution in [-0.4, -0.2) is 28.7 Å². The average molecular weight is 305 g/mol. The molecule has 0 aliphatic rings. The molecule has 0 aliphatic heterocycles. The maximum absolute atomic E-state index is 9.55. The Labute approximate surface area is 88.3 Å². The van der Waals surface area contributed by atoms with Crippen molar-refractivity contribution in [1.29, 1.82) is 0 Å². The minimum absolute atomic E-state index is 0.138. The van der Waals surface area contributed by atoms with Gasteiger partial charge in [0.25, 0.3) is 0 Å². The molecule has 2 N–H and O–H groups in total. The molecule has 1 atom stereocenters. The SMILES string of the molecule is CCNI(OC(C)C)C(O)OCC. The molecule has 0 amide bonds. The molecule has 0 radical (unpaired) electrons. The van der Waals surface area contributed by atoms with Gasteiger partial charge in [0.15, 0.2) is 0 Å². The van der Waals surface area contributed by atoms with E-state index in [1.807, 2.05) is 27.7 Å². The first-order valence-corrected chi connectivity index (χ1v) is 7.71. The summed E-state index contributed by atoms with van der Waals surface area (Å²) in [7, 11) is 0. The second-order valence-corrected chi connectivity index (χ2v) is 6.56. The number of ether oxygens (including phenoxy) is 1. The normalized spacial score (nSPS) is 14.8. The van der Waals surface area contributed by atoms with E-state index < -0.39 is 24.8 Å². The fourth-order valence-corrected chi connectivity index (χ4v) is 4.00. The molecule has 0 saturated carbocycles. The number of hydrogen-bond acceptors (Lipinski definition) is 4. The van der Waals surface area contributed by atoms with E-state index in [2.05, 4.69) is 3.53 Å². The molecule has 0 spiro atoms. The van der Waals surface area contributed by atoms with Gasteiger partial charge in [0.1, 0.15) is 0 Å². The van der Waals surface area contributed by atoms with Crippen molar-refractivity contribution < 1.29 is 12.9 Å². The van der Waals surface area contributed by atoms with E-state index >= 15 is 0 Å². The van der Waals surface area contributed by atoms with Crippen LogP contribution >= 0.6 is 20.5 Å². The molecule has 82 valence electrons. The molecule has 0 fully saturated rings. The van der Waals surface area contributed by atoms with E-state index in [0.29, 0.717) is 6.61 Å². The summed E-state index contributed by atoms with van der Waals surface area (Å²) in [5.74, 6) is 0. The van der Waals surface area contributed by atoms with Crippen LogP contribution in [0.5, 0.6) is 0 Å². The number of nitrogens with one attached hydrogen (secondary N) is 1. The molecule has 0 aromatic carbocycles. The first-order valence-electron chi connectivity index (χ1n) is 4.50. The number of rotatable bonds is 7. The van der Waals surface area contributed by atoms with Crippen LogP contribution in [0.25, 0.3) is 0 Å². The van der Waals surface area contributed by atoms with E-state index in [1.165, 1.54) is 0 Å². The van der Waals surface area contributed by atoms with Gasteiger partial charge in [0.2, 0.25) is 0 Å². The van der Waals surface area contributed by atoms with Crippen LogP contribution in [0, 0.1) is 0 Å². The van der Waals surface area contributed by atoms with Gasteiger partial charge in [-0.3, -0.25) is 0 Å². The average Bonchev–Trinajstić information content (AvgIpc) is 2.03. The molecule has 0 aliphatic carbocycles. The molecule has 0 saturated heterocycles. The van der Waals surface area contributed by atoms with Gasteiger partial charge in [-0.05, 0) is 0 Å². The maximum atomic E-state index is 9.55. The Bertz CT molecular complexity index is 124. The summed E-state index contributed by atoms with van der Waals surface area (Å²) in [5.41, 5.74) is 0. The standard InChI is InChI=1S/C8H20INO3/c1-5-10-9(13-7(3)4)8(11)12-6-2/h7-8,10-11H,5-6H2,1-4H3. The molecule has 5 heteroatoms. The summed E-state index contributed by atoms with van der Waals surface area (Å²) in [4.78, 5) is 0. The van der Waals surface area contributed by atoms with Gasteiger partial charge in [0, 0.05) is 0 Å². The second-order valence-electron chi connectivity index (χ2n) is 2.65. The molecule has 0 heterocycles. The predicted octanol–water partition coefficient (Wildman–Crippen LogP) is 1.67. The van der Waals surface area contributed by atoms with Gasteiger partial charge in [-0.2, -0.15) is 0 Å². The van der Waals surface area contributed by atoms with E-state index in [-0.39, 0.29) is 6.10 Å². The minimum atomic E-state index is -2.00. The molecule has 0 aromatic heterocycles. The second kappa shape index (κ2) is 7.93. The number of aliphatic hydroxyl groups excluding tert-OH is 1. The van der Waals surface area contributed by atoms with Crippen molar-refractivity contribution in [3.05, 3.63) is 0 Å². The summed E-state index contributed by atoms with van der Waals surface area (Å²) in [5, 5.41) is 9.55. The predicted molar refractivity (Wildman–Crippen MR) is 61.6 cm³/mol. The van der Waals surface area contributed by atoms with Crippen LogP contribution in [0.4, 0.5) is 0 Å². The van der Waals surface area contributed by atoms with Crippen molar-refractivity contribution >= 4 is 20.5 Å². The number of aliphatic hydroxyl groups is 1.